The fourth-order valence-electron chi connectivity index (χ4n) is 1.03. The third-order valence-electron chi connectivity index (χ3n) is 1.86. The predicted octanol–water partition coefficient (Wildman–Crippen LogP) is 1.34. The number of ether oxygens (including phenoxy) is 4. The first-order chi connectivity index (χ1) is 11.4. The summed E-state index contributed by atoms with van der Waals surface area (Å²) in [4.78, 5) is 42.5. The SMILES string of the molecule is CCOC(=O)/C=C\C(=O)OCC.CCOC(=O)C=CC(=O)OCC. The molecule has 0 spiro atoms. The summed E-state index contributed by atoms with van der Waals surface area (Å²) in [7, 11) is 0. The first-order valence-corrected chi connectivity index (χ1v) is 7.44. The van der Waals surface area contributed by atoms with Gasteiger partial charge in [-0.25, -0.2) is 19.2 Å². The maximum Gasteiger partial charge on any atom is 0.330 e. The molecule has 0 aromatic carbocycles. The predicted molar refractivity (Wildman–Crippen MR) is 84.8 cm³/mol. The van der Waals surface area contributed by atoms with Gasteiger partial charge in [0.2, 0.25) is 0 Å². The normalized spacial score (nSPS) is 9.83. The van der Waals surface area contributed by atoms with Gasteiger partial charge in [0.15, 0.2) is 0 Å². The second-order valence-corrected chi connectivity index (χ2v) is 3.67. The van der Waals surface area contributed by atoms with Crippen LogP contribution in [0.15, 0.2) is 24.3 Å². The quantitative estimate of drug-likeness (QED) is 0.369. The van der Waals surface area contributed by atoms with Crippen molar-refractivity contribution in [3.05, 3.63) is 24.3 Å². The van der Waals surface area contributed by atoms with Gasteiger partial charge in [0.1, 0.15) is 0 Å². The average molecular weight is 344 g/mol. The highest BCUT2D eigenvalue weighted by molar-refractivity contribution is 5.92. The molecule has 0 aliphatic rings. The molecule has 0 radical (unpaired) electrons. The molecule has 0 rings (SSSR count). The summed E-state index contributed by atoms with van der Waals surface area (Å²) in [6, 6.07) is 0. The van der Waals surface area contributed by atoms with Gasteiger partial charge in [0.05, 0.1) is 26.4 Å². The summed E-state index contributed by atoms with van der Waals surface area (Å²) < 4.78 is 18.1. The van der Waals surface area contributed by atoms with Crippen molar-refractivity contribution in [2.75, 3.05) is 26.4 Å². The van der Waals surface area contributed by atoms with E-state index in [1.807, 2.05) is 0 Å². The monoisotopic (exact) mass is 344 g/mol. The third-order valence-corrected chi connectivity index (χ3v) is 1.86. The van der Waals surface area contributed by atoms with E-state index in [4.69, 9.17) is 0 Å². The maximum absolute atomic E-state index is 10.6. The lowest BCUT2D eigenvalue weighted by Crippen LogP contribution is -2.03. The topological polar surface area (TPSA) is 105 Å². The summed E-state index contributed by atoms with van der Waals surface area (Å²) in [5, 5.41) is 0. The van der Waals surface area contributed by atoms with Crippen LogP contribution in [-0.2, 0) is 38.1 Å². The molecule has 0 fully saturated rings. The Bertz CT molecular complexity index is 369. The van der Waals surface area contributed by atoms with Crippen molar-refractivity contribution in [1.29, 1.82) is 0 Å². The van der Waals surface area contributed by atoms with Gasteiger partial charge in [-0.2, -0.15) is 0 Å². The summed E-state index contributed by atoms with van der Waals surface area (Å²) in [6.45, 7) is 7.95. The van der Waals surface area contributed by atoms with Crippen LogP contribution in [0.1, 0.15) is 27.7 Å². The fourth-order valence-corrected chi connectivity index (χ4v) is 1.03. The van der Waals surface area contributed by atoms with E-state index in [0.29, 0.717) is 26.4 Å². The Kier molecular flexibility index (Phi) is 16.5. The van der Waals surface area contributed by atoms with Crippen molar-refractivity contribution in [3.8, 4) is 0 Å². The molecule has 0 aliphatic heterocycles. The molecule has 0 aromatic rings. The molecule has 0 bridgehead atoms. The smallest absolute Gasteiger partial charge is 0.330 e. The fraction of sp³-hybridized carbons (Fsp3) is 0.500. The molecule has 0 saturated carbocycles. The minimum atomic E-state index is -0.537. The summed E-state index contributed by atoms with van der Waals surface area (Å²) in [5.41, 5.74) is 0. The lowest BCUT2D eigenvalue weighted by Gasteiger charge is -1.95. The molecular weight excluding hydrogens is 320 g/mol. The molecule has 0 heterocycles. The van der Waals surface area contributed by atoms with E-state index in [0.717, 1.165) is 24.3 Å². The second-order valence-electron chi connectivity index (χ2n) is 3.67. The average Bonchev–Trinajstić information content (AvgIpc) is 2.53. The molecule has 8 nitrogen and oxygen atoms in total. The highest BCUT2D eigenvalue weighted by atomic mass is 16.5. The van der Waals surface area contributed by atoms with Gasteiger partial charge in [-0.1, -0.05) is 0 Å². The van der Waals surface area contributed by atoms with Crippen LogP contribution in [0.2, 0.25) is 0 Å². The lowest BCUT2D eigenvalue weighted by atomic mass is 10.5. The van der Waals surface area contributed by atoms with Crippen molar-refractivity contribution in [2.45, 2.75) is 27.7 Å². The highest BCUT2D eigenvalue weighted by Crippen LogP contribution is 1.85. The van der Waals surface area contributed by atoms with Crippen LogP contribution in [0.25, 0.3) is 0 Å². The molecule has 0 aromatic heterocycles. The third kappa shape index (κ3) is 17.4. The Morgan fingerprint density at radius 2 is 0.667 bits per heavy atom. The van der Waals surface area contributed by atoms with Gasteiger partial charge in [-0.15, -0.1) is 0 Å². The summed E-state index contributed by atoms with van der Waals surface area (Å²) >= 11 is 0. The van der Waals surface area contributed by atoms with Crippen LogP contribution in [0, 0.1) is 0 Å². The molecule has 0 N–H and O–H groups in total. The minimum absolute atomic E-state index is 0.298. The number of carbonyl (C=O) groups is 4. The molecule has 0 amide bonds. The minimum Gasteiger partial charge on any atom is -0.463 e. The number of hydrogen-bond donors (Lipinski definition) is 0. The Hall–Kier alpha value is -2.64. The lowest BCUT2D eigenvalue weighted by molar-refractivity contribution is -0.140. The first kappa shape index (κ1) is 23.6. The van der Waals surface area contributed by atoms with Crippen molar-refractivity contribution in [3.63, 3.8) is 0 Å². The molecule has 24 heavy (non-hydrogen) atoms. The van der Waals surface area contributed by atoms with Gasteiger partial charge in [0.25, 0.3) is 0 Å². The number of esters is 4. The standard InChI is InChI=1S/2C8H12O4/c2*1-3-11-7(9)5-6-8(10)12-4-2/h2*5-6H,3-4H2,1-2H3/b6-5-;. The van der Waals surface area contributed by atoms with Crippen LogP contribution in [0.5, 0.6) is 0 Å². The molecule has 136 valence electrons. The summed E-state index contributed by atoms with van der Waals surface area (Å²) in [5.74, 6) is -2.15. The second kappa shape index (κ2) is 16.7. The van der Waals surface area contributed by atoms with Crippen molar-refractivity contribution in [2.24, 2.45) is 0 Å². The van der Waals surface area contributed by atoms with Crippen molar-refractivity contribution < 1.29 is 38.1 Å². The molecule has 0 aliphatic carbocycles. The molecule has 0 atom stereocenters. The zero-order valence-electron chi connectivity index (χ0n) is 14.4. The number of carbonyl (C=O) groups excluding carboxylic acids is 4. The van der Waals surface area contributed by atoms with Gasteiger partial charge in [-0.3, -0.25) is 0 Å². The first-order valence-electron chi connectivity index (χ1n) is 7.44. The largest absolute Gasteiger partial charge is 0.463 e. The van der Waals surface area contributed by atoms with Crippen LogP contribution < -0.4 is 0 Å². The molecule has 8 heteroatoms. The highest BCUT2D eigenvalue weighted by Gasteiger charge is 1.98. The van der Waals surface area contributed by atoms with E-state index in [-0.39, 0.29) is 0 Å². The van der Waals surface area contributed by atoms with E-state index in [1.165, 1.54) is 0 Å². The molecule has 0 unspecified atom stereocenters. The Labute approximate surface area is 141 Å². The van der Waals surface area contributed by atoms with E-state index < -0.39 is 23.9 Å². The van der Waals surface area contributed by atoms with Gasteiger partial charge in [0, 0.05) is 24.3 Å². The van der Waals surface area contributed by atoms with Crippen LogP contribution >= 0.6 is 0 Å². The van der Waals surface area contributed by atoms with Crippen LogP contribution in [0.3, 0.4) is 0 Å². The van der Waals surface area contributed by atoms with Crippen LogP contribution in [0.4, 0.5) is 0 Å². The van der Waals surface area contributed by atoms with Gasteiger partial charge in [-0.05, 0) is 27.7 Å². The van der Waals surface area contributed by atoms with Crippen LogP contribution in [-0.4, -0.2) is 50.3 Å². The number of hydrogen-bond acceptors (Lipinski definition) is 8. The van der Waals surface area contributed by atoms with Gasteiger partial charge < -0.3 is 18.9 Å². The van der Waals surface area contributed by atoms with E-state index >= 15 is 0 Å². The Morgan fingerprint density at radius 3 is 0.792 bits per heavy atom. The Morgan fingerprint density at radius 1 is 0.500 bits per heavy atom. The van der Waals surface area contributed by atoms with E-state index in [2.05, 4.69) is 18.9 Å². The molecule has 0 saturated heterocycles. The van der Waals surface area contributed by atoms with Crippen molar-refractivity contribution in [1.82, 2.24) is 0 Å². The molecular formula is C16H24O8. The Balaban J connectivity index is 0. The number of rotatable bonds is 8. The summed E-state index contributed by atoms with van der Waals surface area (Å²) in [6.07, 6.45) is 4.17. The zero-order chi connectivity index (χ0) is 18.8. The van der Waals surface area contributed by atoms with Crippen molar-refractivity contribution >= 4 is 23.9 Å². The zero-order valence-corrected chi connectivity index (χ0v) is 14.4. The maximum atomic E-state index is 10.6. The van der Waals surface area contributed by atoms with Gasteiger partial charge >= 0.3 is 23.9 Å². The van der Waals surface area contributed by atoms with E-state index in [1.54, 1.807) is 27.7 Å². The van der Waals surface area contributed by atoms with E-state index in [9.17, 15) is 19.2 Å².